The van der Waals surface area contributed by atoms with E-state index in [9.17, 15) is 0 Å². The highest BCUT2D eigenvalue weighted by molar-refractivity contribution is 9.10. The Balaban J connectivity index is 2.66. The highest BCUT2D eigenvalue weighted by atomic mass is 79.9. The van der Waals surface area contributed by atoms with Gasteiger partial charge in [-0.2, -0.15) is 4.98 Å². The van der Waals surface area contributed by atoms with Crippen LogP contribution in [0.2, 0.25) is 0 Å². The molecule has 0 saturated carbocycles. The highest BCUT2D eigenvalue weighted by Crippen LogP contribution is 2.21. The largest absolute Gasteiger partial charge is 0.480 e. The van der Waals surface area contributed by atoms with Crippen LogP contribution < -0.4 is 10.1 Å². The van der Waals surface area contributed by atoms with E-state index in [2.05, 4.69) is 37.3 Å². The summed E-state index contributed by atoms with van der Waals surface area (Å²) in [4.78, 5) is 8.27. The van der Waals surface area contributed by atoms with Crippen molar-refractivity contribution in [1.82, 2.24) is 9.97 Å². The maximum absolute atomic E-state index is 5.06. The predicted molar refractivity (Wildman–Crippen MR) is 64.2 cm³/mol. The van der Waals surface area contributed by atoms with Gasteiger partial charge in [-0.05, 0) is 29.8 Å². The standard InChI is InChI=1S/C10H14BrN3O/c1-7(2)4-5-12-10-13-6-8(11)9(14-10)15-3/h4,6H,5H2,1-3H3,(H,12,13,14). The minimum Gasteiger partial charge on any atom is -0.480 e. The van der Waals surface area contributed by atoms with E-state index in [-0.39, 0.29) is 0 Å². The third-order valence-corrected chi connectivity index (χ3v) is 2.22. The van der Waals surface area contributed by atoms with Crippen molar-refractivity contribution in [1.29, 1.82) is 0 Å². The molecule has 1 aromatic rings. The third-order valence-electron chi connectivity index (χ3n) is 1.68. The number of ether oxygens (including phenoxy) is 1. The van der Waals surface area contributed by atoms with Gasteiger partial charge in [0.1, 0.15) is 0 Å². The van der Waals surface area contributed by atoms with Gasteiger partial charge in [-0.15, -0.1) is 0 Å². The van der Waals surface area contributed by atoms with Crippen LogP contribution in [0.4, 0.5) is 5.95 Å². The van der Waals surface area contributed by atoms with Crippen molar-refractivity contribution in [3.63, 3.8) is 0 Å². The number of hydrogen-bond donors (Lipinski definition) is 1. The molecule has 0 aliphatic heterocycles. The Morgan fingerprint density at radius 2 is 2.33 bits per heavy atom. The summed E-state index contributed by atoms with van der Waals surface area (Å²) in [6.45, 7) is 4.81. The van der Waals surface area contributed by atoms with E-state index >= 15 is 0 Å². The van der Waals surface area contributed by atoms with Crippen molar-refractivity contribution in [2.45, 2.75) is 13.8 Å². The molecule has 0 aliphatic carbocycles. The smallest absolute Gasteiger partial charge is 0.232 e. The lowest BCUT2D eigenvalue weighted by atomic mass is 10.3. The molecule has 0 saturated heterocycles. The van der Waals surface area contributed by atoms with Crippen LogP contribution in [0.5, 0.6) is 5.88 Å². The topological polar surface area (TPSA) is 47.0 Å². The van der Waals surface area contributed by atoms with Gasteiger partial charge in [-0.3, -0.25) is 0 Å². The van der Waals surface area contributed by atoms with E-state index in [1.54, 1.807) is 13.3 Å². The summed E-state index contributed by atoms with van der Waals surface area (Å²) in [7, 11) is 1.58. The monoisotopic (exact) mass is 271 g/mol. The van der Waals surface area contributed by atoms with Crippen molar-refractivity contribution in [3.05, 3.63) is 22.3 Å². The second-order valence-electron chi connectivity index (χ2n) is 3.21. The molecular weight excluding hydrogens is 258 g/mol. The van der Waals surface area contributed by atoms with Gasteiger partial charge in [-0.25, -0.2) is 4.98 Å². The lowest BCUT2D eigenvalue weighted by Crippen LogP contribution is -2.04. The van der Waals surface area contributed by atoms with Gasteiger partial charge in [-0.1, -0.05) is 11.6 Å². The van der Waals surface area contributed by atoms with Crippen molar-refractivity contribution in [3.8, 4) is 5.88 Å². The molecule has 1 heterocycles. The van der Waals surface area contributed by atoms with Gasteiger partial charge >= 0.3 is 0 Å². The third kappa shape index (κ3) is 3.87. The Kier molecular flexibility index (Phi) is 4.55. The normalized spacial score (nSPS) is 9.60. The maximum atomic E-state index is 5.06. The number of hydrogen-bond acceptors (Lipinski definition) is 4. The molecular formula is C10H14BrN3O. The first-order valence-corrected chi connectivity index (χ1v) is 5.36. The Bertz CT molecular complexity index is 362. The number of rotatable bonds is 4. The average Bonchev–Trinajstić information content (AvgIpc) is 2.20. The van der Waals surface area contributed by atoms with Crippen LogP contribution in [-0.4, -0.2) is 23.6 Å². The zero-order valence-corrected chi connectivity index (χ0v) is 10.6. The molecule has 0 bridgehead atoms. The predicted octanol–water partition coefficient (Wildman–Crippen LogP) is 2.63. The Morgan fingerprint density at radius 1 is 1.60 bits per heavy atom. The van der Waals surface area contributed by atoms with Crippen LogP contribution in [-0.2, 0) is 0 Å². The molecule has 0 aliphatic rings. The molecule has 4 nitrogen and oxygen atoms in total. The van der Waals surface area contributed by atoms with E-state index in [1.807, 2.05) is 13.8 Å². The van der Waals surface area contributed by atoms with E-state index in [4.69, 9.17) is 4.74 Å². The molecule has 1 aromatic heterocycles. The number of aromatic nitrogens is 2. The zero-order chi connectivity index (χ0) is 11.3. The Morgan fingerprint density at radius 3 is 2.93 bits per heavy atom. The van der Waals surface area contributed by atoms with E-state index < -0.39 is 0 Å². The van der Waals surface area contributed by atoms with Crippen LogP contribution in [0.15, 0.2) is 22.3 Å². The molecule has 82 valence electrons. The van der Waals surface area contributed by atoms with Crippen LogP contribution >= 0.6 is 15.9 Å². The molecule has 0 spiro atoms. The van der Waals surface area contributed by atoms with Crippen molar-refractivity contribution >= 4 is 21.9 Å². The molecule has 15 heavy (non-hydrogen) atoms. The number of nitrogens with one attached hydrogen (secondary N) is 1. The molecule has 1 N–H and O–H groups in total. The Hall–Kier alpha value is -1.10. The fraction of sp³-hybridized carbons (Fsp3) is 0.400. The van der Waals surface area contributed by atoms with Crippen molar-refractivity contribution in [2.75, 3.05) is 19.0 Å². The first kappa shape index (κ1) is 12.0. The van der Waals surface area contributed by atoms with E-state index in [0.29, 0.717) is 18.4 Å². The van der Waals surface area contributed by atoms with Gasteiger partial charge < -0.3 is 10.1 Å². The number of halogens is 1. The summed E-state index contributed by atoms with van der Waals surface area (Å²) in [5.41, 5.74) is 1.26. The molecule has 0 fully saturated rings. The Labute approximate surface area is 97.9 Å². The zero-order valence-electron chi connectivity index (χ0n) is 9.04. The maximum Gasteiger partial charge on any atom is 0.232 e. The van der Waals surface area contributed by atoms with Crippen LogP contribution in [0.3, 0.4) is 0 Å². The van der Waals surface area contributed by atoms with Gasteiger partial charge in [0.15, 0.2) is 0 Å². The molecule has 5 heteroatoms. The lowest BCUT2D eigenvalue weighted by molar-refractivity contribution is 0.394. The minimum atomic E-state index is 0.532. The number of anilines is 1. The summed E-state index contributed by atoms with van der Waals surface area (Å²) >= 11 is 3.29. The van der Waals surface area contributed by atoms with Crippen molar-refractivity contribution in [2.24, 2.45) is 0 Å². The summed E-state index contributed by atoms with van der Waals surface area (Å²) in [6.07, 6.45) is 3.73. The molecule has 0 aromatic carbocycles. The highest BCUT2D eigenvalue weighted by Gasteiger charge is 2.03. The van der Waals surface area contributed by atoms with Crippen molar-refractivity contribution < 1.29 is 4.74 Å². The number of nitrogens with zero attached hydrogens (tertiary/aromatic N) is 2. The molecule has 0 atom stereocenters. The SMILES string of the molecule is COc1nc(NCC=C(C)C)ncc1Br. The van der Waals surface area contributed by atoms with E-state index in [0.717, 1.165) is 4.47 Å². The second kappa shape index (κ2) is 5.70. The number of methoxy groups -OCH3 is 1. The van der Waals surface area contributed by atoms with Crippen LogP contribution in [0.1, 0.15) is 13.8 Å². The van der Waals surface area contributed by atoms with Crippen LogP contribution in [0.25, 0.3) is 0 Å². The van der Waals surface area contributed by atoms with Crippen LogP contribution in [0, 0.1) is 0 Å². The van der Waals surface area contributed by atoms with Gasteiger partial charge in [0.2, 0.25) is 11.8 Å². The molecule has 0 radical (unpaired) electrons. The summed E-state index contributed by atoms with van der Waals surface area (Å²) in [6, 6.07) is 0. The fourth-order valence-electron chi connectivity index (χ4n) is 0.926. The quantitative estimate of drug-likeness (QED) is 0.856. The number of allylic oxidation sites excluding steroid dienone is 1. The second-order valence-corrected chi connectivity index (χ2v) is 4.07. The van der Waals surface area contributed by atoms with E-state index in [1.165, 1.54) is 5.57 Å². The van der Waals surface area contributed by atoms with Gasteiger partial charge in [0.05, 0.1) is 17.8 Å². The summed E-state index contributed by atoms with van der Waals surface area (Å²) in [5, 5.41) is 3.08. The first-order chi connectivity index (χ1) is 7.13. The molecule has 0 unspecified atom stereocenters. The minimum absolute atomic E-state index is 0.532. The lowest BCUT2D eigenvalue weighted by Gasteiger charge is -2.05. The molecule has 0 amide bonds. The summed E-state index contributed by atoms with van der Waals surface area (Å²) < 4.78 is 5.81. The first-order valence-electron chi connectivity index (χ1n) is 4.57. The summed E-state index contributed by atoms with van der Waals surface area (Å²) in [5.74, 6) is 1.09. The fourth-order valence-corrected chi connectivity index (χ4v) is 1.28. The molecule has 1 rings (SSSR count). The average molecular weight is 272 g/mol. The van der Waals surface area contributed by atoms with Gasteiger partial charge in [0, 0.05) is 6.54 Å². The van der Waals surface area contributed by atoms with Gasteiger partial charge in [0.25, 0.3) is 0 Å².